The third-order valence-electron chi connectivity index (χ3n) is 2.44. The van der Waals surface area contributed by atoms with E-state index < -0.39 is 12.0 Å². The summed E-state index contributed by atoms with van der Waals surface area (Å²) in [4.78, 5) is 32.7. The minimum atomic E-state index is -0.735. The molecule has 0 radical (unpaired) electrons. The maximum Gasteiger partial charge on any atom is 0.328 e. The molecule has 0 spiro atoms. The lowest BCUT2D eigenvalue weighted by atomic mass is 9.98. The molecule has 0 aromatic rings. The van der Waals surface area contributed by atoms with Gasteiger partial charge in [0.15, 0.2) is 0 Å². The van der Waals surface area contributed by atoms with Crippen LogP contribution in [0.25, 0.3) is 0 Å². The first-order valence-corrected chi connectivity index (χ1v) is 4.74. The van der Waals surface area contributed by atoms with Crippen molar-refractivity contribution in [1.82, 2.24) is 10.6 Å². The van der Waals surface area contributed by atoms with Crippen LogP contribution in [0.3, 0.4) is 0 Å². The van der Waals surface area contributed by atoms with Crippen LogP contribution in [-0.2, 0) is 19.1 Å². The zero-order valence-electron chi connectivity index (χ0n) is 8.49. The van der Waals surface area contributed by atoms with Crippen molar-refractivity contribution in [3.05, 3.63) is 0 Å². The summed E-state index contributed by atoms with van der Waals surface area (Å²) in [7, 11) is 1.25. The van der Waals surface area contributed by atoms with E-state index in [2.05, 4.69) is 15.4 Å². The molecule has 6 heteroatoms. The summed E-state index contributed by atoms with van der Waals surface area (Å²) in [6, 6.07) is -0.735. The number of methoxy groups -OCH3 is 1. The molecule has 2 N–H and O–H groups in total. The Balaban J connectivity index is 2.53. The zero-order chi connectivity index (χ0) is 11.3. The molecule has 0 aromatic heterocycles. The third-order valence-corrected chi connectivity index (χ3v) is 2.44. The van der Waals surface area contributed by atoms with E-state index >= 15 is 0 Å². The second-order valence-corrected chi connectivity index (χ2v) is 3.37. The summed E-state index contributed by atoms with van der Waals surface area (Å²) in [5.74, 6) is -0.819. The van der Waals surface area contributed by atoms with Gasteiger partial charge in [0, 0.05) is 12.5 Å². The van der Waals surface area contributed by atoms with Crippen molar-refractivity contribution in [2.45, 2.75) is 18.9 Å². The molecule has 0 aromatic carbocycles. The van der Waals surface area contributed by atoms with Crippen LogP contribution in [0.4, 0.5) is 0 Å². The Morgan fingerprint density at radius 1 is 1.80 bits per heavy atom. The molecule has 1 aliphatic heterocycles. The lowest BCUT2D eigenvalue weighted by Crippen LogP contribution is -2.39. The average Bonchev–Trinajstić information content (AvgIpc) is 2.63. The number of carbonyl (C=O) groups excluding carboxylic acids is 3. The van der Waals surface area contributed by atoms with E-state index in [-0.39, 0.29) is 18.2 Å². The highest BCUT2D eigenvalue weighted by atomic mass is 16.5. The minimum Gasteiger partial charge on any atom is -0.467 e. The fraction of sp³-hybridized carbons (Fsp3) is 0.667. The lowest BCUT2D eigenvalue weighted by Gasteiger charge is -2.15. The number of amides is 2. The minimum absolute atomic E-state index is 0.0726. The molecule has 6 nitrogen and oxygen atoms in total. The van der Waals surface area contributed by atoms with E-state index in [4.69, 9.17) is 0 Å². The van der Waals surface area contributed by atoms with Gasteiger partial charge in [-0.3, -0.25) is 9.59 Å². The number of carbonyl (C=O) groups is 3. The van der Waals surface area contributed by atoms with E-state index in [1.165, 1.54) is 7.11 Å². The monoisotopic (exact) mass is 214 g/mol. The van der Waals surface area contributed by atoms with Crippen LogP contribution in [0.5, 0.6) is 0 Å². The van der Waals surface area contributed by atoms with Crippen molar-refractivity contribution in [1.29, 1.82) is 0 Å². The number of ether oxygens (including phenoxy) is 1. The highest BCUT2D eigenvalue weighted by Crippen LogP contribution is 2.16. The molecular formula is C9H14N2O4. The number of nitrogens with one attached hydrogen (secondary N) is 2. The SMILES string of the molecule is COC(=O)[C@H](C[C@@H]1CCNC1=O)NC=O. The van der Waals surface area contributed by atoms with Crippen LogP contribution in [0.1, 0.15) is 12.8 Å². The molecule has 1 fully saturated rings. The highest BCUT2D eigenvalue weighted by Gasteiger charge is 2.30. The van der Waals surface area contributed by atoms with Gasteiger partial charge in [-0.25, -0.2) is 4.79 Å². The second-order valence-electron chi connectivity index (χ2n) is 3.37. The van der Waals surface area contributed by atoms with Crippen molar-refractivity contribution >= 4 is 18.3 Å². The highest BCUT2D eigenvalue weighted by molar-refractivity contribution is 5.83. The van der Waals surface area contributed by atoms with E-state index in [0.717, 1.165) is 0 Å². The van der Waals surface area contributed by atoms with Gasteiger partial charge < -0.3 is 15.4 Å². The van der Waals surface area contributed by atoms with Gasteiger partial charge in [-0.15, -0.1) is 0 Å². The van der Waals surface area contributed by atoms with E-state index in [0.29, 0.717) is 19.4 Å². The van der Waals surface area contributed by atoms with Crippen LogP contribution < -0.4 is 10.6 Å². The summed E-state index contributed by atoms with van der Waals surface area (Å²) in [5, 5.41) is 5.01. The topological polar surface area (TPSA) is 84.5 Å². The summed E-state index contributed by atoms with van der Waals surface area (Å²) < 4.78 is 4.52. The first-order chi connectivity index (χ1) is 7.19. The molecule has 1 saturated heterocycles. The van der Waals surface area contributed by atoms with Gasteiger partial charge in [0.25, 0.3) is 0 Å². The molecule has 1 rings (SSSR count). The van der Waals surface area contributed by atoms with Crippen LogP contribution in [-0.4, -0.2) is 38.0 Å². The van der Waals surface area contributed by atoms with Crippen LogP contribution in [0.2, 0.25) is 0 Å². The van der Waals surface area contributed by atoms with Gasteiger partial charge in [-0.05, 0) is 12.8 Å². The van der Waals surface area contributed by atoms with Crippen molar-refractivity contribution < 1.29 is 19.1 Å². The molecule has 1 heterocycles. The summed E-state index contributed by atoms with van der Waals surface area (Å²) in [6.45, 7) is 0.623. The van der Waals surface area contributed by atoms with Gasteiger partial charge in [-0.1, -0.05) is 0 Å². The van der Waals surface area contributed by atoms with Gasteiger partial charge >= 0.3 is 5.97 Å². The molecule has 1 aliphatic rings. The average molecular weight is 214 g/mol. The molecule has 2 amide bonds. The Bertz CT molecular complexity index is 267. The van der Waals surface area contributed by atoms with Gasteiger partial charge in [-0.2, -0.15) is 0 Å². The third kappa shape index (κ3) is 2.93. The molecule has 0 unspecified atom stereocenters. The largest absolute Gasteiger partial charge is 0.467 e. The maximum absolute atomic E-state index is 11.2. The Kier molecular flexibility index (Phi) is 4.08. The fourth-order valence-corrected chi connectivity index (χ4v) is 1.61. The quantitative estimate of drug-likeness (QED) is 0.444. The Morgan fingerprint density at radius 3 is 3.00 bits per heavy atom. The Labute approximate surface area is 87.4 Å². The normalized spacial score (nSPS) is 21.7. The molecule has 0 saturated carbocycles. The molecule has 0 aliphatic carbocycles. The molecular weight excluding hydrogens is 200 g/mol. The van der Waals surface area contributed by atoms with Crippen molar-refractivity contribution in [2.24, 2.45) is 5.92 Å². The lowest BCUT2D eigenvalue weighted by molar-refractivity contribution is -0.144. The molecule has 84 valence electrons. The number of hydrogen-bond donors (Lipinski definition) is 2. The second kappa shape index (κ2) is 5.33. The summed E-state index contributed by atoms with van der Waals surface area (Å²) >= 11 is 0. The first kappa shape index (κ1) is 11.5. The molecule has 0 bridgehead atoms. The number of hydrogen-bond acceptors (Lipinski definition) is 4. The molecule has 15 heavy (non-hydrogen) atoms. The molecule has 2 atom stereocenters. The summed E-state index contributed by atoms with van der Waals surface area (Å²) in [6.07, 6.45) is 1.42. The van der Waals surface area contributed by atoms with E-state index in [1.54, 1.807) is 0 Å². The Hall–Kier alpha value is -1.59. The fourth-order valence-electron chi connectivity index (χ4n) is 1.61. The predicted octanol–water partition coefficient (Wildman–Crippen LogP) is -1.20. The van der Waals surface area contributed by atoms with E-state index in [1.807, 2.05) is 0 Å². The number of esters is 1. The Morgan fingerprint density at radius 2 is 2.53 bits per heavy atom. The van der Waals surface area contributed by atoms with Gasteiger partial charge in [0.2, 0.25) is 12.3 Å². The predicted molar refractivity (Wildman–Crippen MR) is 50.7 cm³/mol. The van der Waals surface area contributed by atoms with Crippen molar-refractivity contribution in [2.75, 3.05) is 13.7 Å². The van der Waals surface area contributed by atoms with Crippen molar-refractivity contribution in [3.63, 3.8) is 0 Å². The van der Waals surface area contributed by atoms with Crippen LogP contribution >= 0.6 is 0 Å². The van der Waals surface area contributed by atoms with E-state index in [9.17, 15) is 14.4 Å². The zero-order valence-corrected chi connectivity index (χ0v) is 8.49. The van der Waals surface area contributed by atoms with Gasteiger partial charge in [0.05, 0.1) is 7.11 Å². The maximum atomic E-state index is 11.2. The summed E-state index contributed by atoms with van der Waals surface area (Å²) in [5.41, 5.74) is 0. The smallest absolute Gasteiger partial charge is 0.328 e. The van der Waals surface area contributed by atoms with Crippen LogP contribution in [0, 0.1) is 5.92 Å². The van der Waals surface area contributed by atoms with Crippen LogP contribution in [0.15, 0.2) is 0 Å². The standard InChI is InChI=1S/C9H14N2O4/c1-15-9(14)7(11-5-12)4-6-2-3-10-8(6)13/h5-7H,2-4H2,1H3,(H,10,13)(H,11,12)/t6-,7-/m0/s1. The first-order valence-electron chi connectivity index (χ1n) is 4.74. The van der Waals surface area contributed by atoms with Gasteiger partial charge in [0.1, 0.15) is 6.04 Å². The van der Waals surface area contributed by atoms with Crippen molar-refractivity contribution in [3.8, 4) is 0 Å². The number of rotatable bonds is 5.